The normalized spacial score (nSPS) is 22.5. The number of nitrogens with one attached hydrogen (secondary N) is 2. The molecular formula is C16H23N9O. The van der Waals surface area contributed by atoms with Crippen LogP contribution in [-0.2, 0) is 4.74 Å². The summed E-state index contributed by atoms with van der Waals surface area (Å²) >= 11 is 0. The minimum atomic E-state index is 0.0337. The molecule has 3 saturated heterocycles. The molecule has 10 heteroatoms. The molecule has 3 aliphatic rings. The summed E-state index contributed by atoms with van der Waals surface area (Å²) in [5, 5.41) is 11.2. The van der Waals surface area contributed by atoms with E-state index in [1.54, 1.807) is 10.9 Å². The summed E-state index contributed by atoms with van der Waals surface area (Å²) < 4.78 is 7.13. The fraction of sp³-hybridized carbons (Fsp3) is 0.625. The third-order valence-corrected chi connectivity index (χ3v) is 5.12. The lowest BCUT2D eigenvalue weighted by molar-refractivity contribution is -0.0744. The van der Waals surface area contributed by atoms with Gasteiger partial charge >= 0.3 is 0 Å². The molecule has 0 bridgehead atoms. The Morgan fingerprint density at radius 3 is 2.35 bits per heavy atom. The highest BCUT2D eigenvalue weighted by Gasteiger charge is 2.42. The van der Waals surface area contributed by atoms with Crippen molar-refractivity contribution in [3.05, 3.63) is 18.5 Å². The molecule has 3 aliphatic heterocycles. The number of rotatable bonds is 3. The van der Waals surface area contributed by atoms with Crippen LogP contribution in [0.1, 0.15) is 0 Å². The van der Waals surface area contributed by atoms with Crippen LogP contribution in [-0.4, -0.2) is 89.3 Å². The first-order valence-corrected chi connectivity index (χ1v) is 9.11. The van der Waals surface area contributed by atoms with Gasteiger partial charge < -0.3 is 25.2 Å². The molecular weight excluding hydrogens is 334 g/mol. The van der Waals surface area contributed by atoms with Crippen molar-refractivity contribution in [1.29, 1.82) is 0 Å². The van der Waals surface area contributed by atoms with Crippen molar-refractivity contribution in [3.63, 3.8) is 0 Å². The molecule has 0 atom stereocenters. The first kappa shape index (κ1) is 15.9. The number of ether oxygens (including phenoxy) is 1. The quantitative estimate of drug-likeness (QED) is 0.691. The Labute approximate surface area is 151 Å². The molecule has 5 rings (SSSR count). The average Bonchev–Trinajstić information content (AvgIpc) is 3.22. The van der Waals surface area contributed by atoms with Gasteiger partial charge in [-0.05, 0) is 6.07 Å². The van der Waals surface area contributed by atoms with Crippen LogP contribution in [0.15, 0.2) is 18.5 Å². The maximum atomic E-state index is 5.43. The molecule has 2 aromatic rings. The van der Waals surface area contributed by atoms with Gasteiger partial charge in [-0.2, -0.15) is 20.1 Å². The second kappa shape index (κ2) is 6.45. The van der Waals surface area contributed by atoms with Crippen LogP contribution in [0.2, 0.25) is 0 Å². The van der Waals surface area contributed by atoms with Gasteiger partial charge in [0.25, 0.3) is 5.95 Å². The van der Waals surface area contributed by atoms with Gasteiger partial charge in [-0.1, -0.05) is 0 Å². The Bertz CT molecular complexity index is 755. The predicted molar refractivity (Wildman–Crippen MR) is 95.8 cm³/mol. The van der Waals surface area contributed by atoms with E-state index < -0.39 is 0 Å². The number of piperazine rings is 2. The zero-order valence-corrected chi connectivity index (χ0v) is 14.6. The molecule has 1 spiro atoms. The SMILES string of the molecule is c1cnn(-c2nc(N3CCNCC3)nc(N3CCNC4(COC4)C3)n2)c1. The third kappa shape index (κ3) is 2.89. The molecule has 138 valence electrons. The molecule has 26 heavy (non-hydrogen) atoms. The highest BCUT2D eigenvalue weighted by Crippen LogP contribution is 2.25. The largest absolute Gasteiger partial charge is 0.377 e. The second-order valence-corrected chi connectivity index (χ2v) is 7.04. The molecule has 0 radical (unpaired) electrons. The summed E-state index contributed by atoms with van der Waals surface area (Å²) in [7, 11) is 0. The third-order valence-electron chi connectivity index (χ3n) is 5.12. The zero-order chi connectivity index (χ0) is 17.4. The maximum Gasteiger partial charge on any atom is 0.257 e. The van der Waals surface area contributed by atoms with Crippen molar-refractivity contribution in [1.82, 2.24) is 35.4 Å². The van der Waals surface area contributed by atoms with Crippen molar-refractivity contribution in [2.45, 2.75) is 5.54 Å². The molecule has 0 unspecified atom stereocenters. The molecule has 5 heterocycles. The van der Waals surface area contributed by atoms with E-state index in [1.165, 1.54) is 0 Å². The average molecular weight is 357 g/mol. The Morgan fingerprint density at radius 1 is 0.923 bits per heavy atom. The summed E-state index contributed by atoms with van der Waals surface area (Å²) in [6.45, 7) is 7.74. The number of hydrogen-bond donors (Lipinski definition) is 2. The standard InChI is InChI=1S/C16H23N9O/c1-2-19-25(6-1)15-21-13(23-7-3-17-4-8-23)20-14(22-15)24-9-5-18-16(10-24)11-26-12-16/h1-2,6,17-18H,3-5,7-12H2. The van der Waals surface area contributed by atoms with Gasteiger partial charge in [-0.3, -0.25) is 0 Å². The molecule has 2 N–H and O–H groups in total. The van der Waals surface area contributed by atoms with E-state index >= 15 is 0 Å². The summed E-state index contributed by atoms with van der Waals surface area (Å²) in [5.74, 6) is 2.00. The van der Waals surface area contributed by atoms with E-state index in [4.69, 9.17) is 14.7 Å². The van der Waals surface area contributed by atoms with Crippen molar-refractivity contribution in [2.75, 3.05) is 68.8 Å². The summed E-state index contributed by atoms with van der Waals surface area (Å²) in [5.41, 5.74) is 0.0337. The van der Waals surface area contributed by atoms with Crippen LogP contribution in [0.5, 0.6) is 0 Å². The fourth-order valence-electron chi connectivity index (χ4n) is 3.65. The topological polar surface area (TPSA) is 96.3 Å². The summed E-state index contributed by atoms with van der Waals surface area (Å²) in [4.78, 5) is 18.6. The van der Waals surface area contributed by atoms with E-state index in [0.717, 1.165) is 65.0 Å². The highest BCUT2D eigenvalue weighted by molar-refractivity contribution is 5.43. The molecule has 10 nitrogen and oxygen atoms in total. The van der Waals surface area contributed by atoms with E-state index in [9.17, 15) is 0 Å². The van der Waals surface area contributed by atoms with Crippen molar-refractivity contribution in [3.8, 4) is 5.95 Å². The lowest BCUT2D eigenvalue weighted by Crippen LogP contribution is -2.70. The van der Waals surface area contributed by atoms with E-state index in [0.29, 0.717) is 11.9 Å². The Balaban J connectivity index is 1.50. The molecule has 2 aromatic heterocycles. The molecule has 0 aromatic carbocycles. The highest BCUT2D eigenvalue weighted by atomic mass is 16.5. The van der Waals surface area contributed by atoms with Crippen LogP contribution < -0.4 is 20.4 Å². The summed E-state index contributed by atoms with van der Waals surface area (Å²) in [6, 6.07) is 1.87. The van der Waals surface area contributed by atoms with Crippen molar-refractivity contribution >= 4 is 11.9 Å². The van der Waals surface area contributed by atoms with Gasteiger partial charge in [-0.15, -0.1) is 0 Å². The van der Waals surface area contributed by atoms with Crippen molar-refractivity contribution < 1.29 is 4.74 Å². The van der Waals surface area contributed by atoms with Gasteiger partial charge in [0.15, 0.2) is 0 Å². The Hall–Kier alpha value is -2.30. The summed E-state index contributed by atoms with van der Waals surface area (Å²) in [6.07, 6.45) is 3.60. The number of nitrogens with zero attached hydrogens (tertiary/aromatic N) is 7. The minimum Gasteiger partial charge on any atom is -0.377 e. The maximum absolute atomic E-state index is 5.43. The van der Waals surface area contributed by atoms with Gasteiger partial charge in [0.2, 0.25) is 11.9 Å². The first-order valence-electron chi connectivity index (χ1n) is 9.11. The Kier molecular flexibility index (Phi) is 3.95. The van der Waals surface area contributed by atoms with Crippen LogP contribution in [0.3, 0.4) is 0 Å². The van der Waals surface area contributed by atoms with E-state index in [1.807, 2.05) is 12.3 Å². The molecule has 0 aliphatic carbocycles. The van der Waals surface area contributed by atoms with Crippen LogP contribution in [0.4, 0.5) is 11.9 Å². The van der Waals surface area contributed by atoms with Gasteiger partial charge in [0, 0.05) is 58.2 Å². The van der Waals surface area contributed by atoms with Gasteiger partial charge in [-0.25, -0.2) is 4.68 Å². The van der Waals surface area contributed by atoms with Gasteiger partial charge in [0.1, 0.15) is 0 Å². The number of anilines is 2. The second-order valence-electron chi connectivity index (χ2n) is 7.04. The van der Waals surface area contributed by atoms with Crippen LogP contribution in [0.25, 0.3) is 5.95 Å². The number of aromatic nitrogens is 5. The Morgan fingerprint density at radius 2 is 1.65 bits per heavy atom. The predicted octanol–water partition coefficient (Wildman–Crippen LogP) is -1.35. The van der Waals surface area contributed by atoms with E-state index in [2.05, 4.69) is 30.5 Å². The van der Waals surface area contributed by atoms with Crippen LogP contribution in [0, 0.1) is 0 Å². The molecule has 0 saturated carbocycles. The number of hydrogen-bond acceptors (Lipinski definition) is 9. The lowest BCUT2D eigenvalue weighted by Gasteiger charge is -2.48. The van der Waals surface area contributed by atoms with Gasteiger partial charge in [0.05, 0.1) is 18.8 Å². The van der Waals surface area contributed by atoms with Crippen LogP contribution >= 0.6 is 0 Å². The lowest BCUT2D eigenvalue weighted by atomic mass is 9.95. The first-order chi connectivity index (χ1) is 12.8. The smallest absolute Gasteiger partial charge is 0.257 e. The van der Waals surface area contributed by atoms with E-state index in [-0.39, 0.29) is 5.54 Å². The fourth-order valence-corrected chi connectivity index (χ4v) is 3.65. The zero-order valence-electron chi connectivity index (χ0n) is 14.6. The molecule has 0 amide bonds. The monoisotopic (exact) mass is 357 g/mol. The molecule has 3 fully saturated rings. The van der Waals surface area contributed by atoms with Crippen molar-refractivity contribution in [2.24, 2.45) is 0 Å². The minimum absolute atomic E-state index is 0.0337.